The van der Waals surface area contributed by atoms with Crippen LogP contribution in [-0.4, -0.2) is 41.9 Å². The SMILES string of the molecule is C[C@@H](O)CN(C)C(=O)N[C@@H](c1ccc(Cl)cc1)C(F)(F)F. The molecule has 1 aromatic carbocycles. The van der Waals surface area contributed by atoms with Crippen molar-refractivity contribution in [2.45, 2.75) is 25.2 Å². The Labute approximate surface area is 125 Å². The topological polar surface area (TPSA) is 52.6 Å². The molecule has 2 atom stereocenters. The second-order valence-corrected chi connectivity index (χ2v) is 5.14. The van der Waals surface area contributed by atoms with Crippen molar-refractivity contribution in [3.05, 3.63) is 34.9 Å². The van der Waals surface area contributed by atoms with Gasteiger partial charge in [0.1, 0.15) is 0 Å². The lowest BCUT2D eigenvalue weighted by molar-refractivity contribution is -0.155. The number of carbonyl (C=O) groups excluding carboxylic acids is 1. The van der Waals surface area contributed by atoms with E-state index in [-0.39, 0.29) is 12.1 Å². The smallest absolute Gasteiger partial charge is 0.392 e. The Morgan fingerprint density at radius 2 is 1.90 bits per heavy atom. The number of nitrogens with one attached hydrogen (secondary N) is 1. The van der Waals surface area contributed by atoms with Crippen LogP contribution >= 0.6 is 11.6 Å². The van der Waals surface area contributed by atoms with E-state index in [1.54, 1.807) is 0 Å². The fourth-order valence-electron chi connectivity index (χ4n) is 1.72. The third kappa shape index (κ3) is 5.43. The number of urea groups is 1. The van der Waals surface area contributed by atoms with Crippen molar-refractivity contribution < 1.29 is 23.1 Å². The molecule has 2 N–H and O–H groups in total. The van der Waals surface area contributed by atoms with E-state index in [9.17, 15) is 18.0 Å². The Bertz CT molecular complexity index is 477. The van der Waals surface area contributed by atoms with E-state index in [0.29, 0.717) is 5.02 Å². The molecular weight excluding hydrogens is 309 g/mol. The van der Waals surface area contributed by atoms with Gasteiger partial charge in [0.25, 0.3) is 0 Å². The molecule has 21 heavy (non-hydrogen) atoms. The Hall–Kier alpha value is -1.47. The van der Waals surface area contributed by atoms with Gasteiger partial charge in [0, 0.05) is 18.6 Å². The van der Waals surface area contributed by atoms with Crippen LogP contribution in [0.5, 0.6) is 0 Å². The van der Waals surface area contributed by atoms with Crippen LogP contribution in [0.25, 0.3) is 0 Å². The Balaban J connectivity index is 2.90. The van der Waals surface area contributed by atoms with Crippen LogP contribution in [0.1, 0.15) is 18.5 Å². The Kier molecular flexibility index (Phi) is 5.86. The molecular formula is C13H16ClF3N2O2. The summed E-state index contributed by atoms with van der Waals surface area (Å²) in [7, 11) is 1.30. The Morgan fingerprint density at radius 1 is 1.38 bits per heavy atom. The van der Waals surface area contributed by atoms with Gasteiger partial charge in [0.05, 0.1) is 6.10 Å². The van der Waals surface area contributed by atoms with Crippen molar-refractivity contribution >= 4 is 17.6 Å². The molecule has 1 rings (SSSR count). The van der Waals surface area contributed by atoms with E-state index in [1.165, 1.54) is 38.2 Å². The molecule has 0 spiro atoms. The quantitative estimate of drug-likeness (QED) is 0.894. The maximum Gasteiger partial charge on any atom is 0.412 e. The van der Waals surface area contributed by atoms with Crippen LogP contribution in [0.2, 0.25) is 5.02 Å². The number of aliphatic hydroxyl groups is 1. The van der Waals surface area contributed by atoms with E-state index in [4.69, 9.17) is 16.7 Å². The summed E-state index contributed by atoms with van der Waals surface area (Å²) in [4.78, 5) is 12.7. The number of hydrogen-bond donors (Lipinski definition) is 2. The normalized spacial score (nSPS) is 14.4. The molecule has 0 aliphatic heterocycles. The molecule has 0 aliphatic rings. The highest BCUT2D eigenvalue weighted by Crippen LogP contribution is 2.33. The van der Waals surface area contributed by atoms with E-state index in [2.05, 4.69) is 0 Å². The summed E-state index contributed by atoms with van der Waals surface area (Å²) in [6, 6.07) is 1.99. The zero-order chi connectivity index (χ0) is 16.2. The molecule has 0 bridgehead atoms. The van der Waals surface area contributed by atoms with Gasteiger partial charge < -0.3 is 15.3 Å². The zero-order valence-corrected chi connectivity index (χ0v) is 12.2. The van der Waals surface area contributed by atoms with Gasteiger partial charge in [-0.1, -0.05) is 23.7 Å². The van der Waals surface area contributed by atoms with Crippen LogP contribution in [-0.2, 0) is 0 Å². The number of alkyl halides is 3. The van der Waals surface area contributed by atoms with Gasteiger partial charge in [-0.25, -0.2) is 4.79 Å². The van der Waals surface area contributed by atoms with Gasteiger partial charge in [-0.05, 0) is 24.6 Å². The first kappa shape index (κ1) is 17.6. The number of amides is 2. The second-order valence-electron chi connectivity index (χ2n) is 4.71. The lowest BCUT2D eigenvalue weighted by Crippen LogP contribution is -2.46. The van der Waals surface area contributed by atoms with Crippen molar-refractivity contribution in [2.24, 2.45) is 0 Å². The predicted molar refractivity (Wildman–Crippen MR) is 73.1 cm³/mol. The molecule has 0 aromatic heterocycles. The van der Waals surface area contributed by atoms with Crippen molar-refractivity contribution in [1.82, 2.24) is 10.2 Å². The van der Waals surface area contributed by atoms with Gasteiger partial charge in [-0.15, -0.1) is 0 Å². The second kappa shape index (κ2) is 7.00. The Morgan fingerprint density at radius 3 is 2.33 bits per heavy atom. The van der Waals surface area contributed by atoms with Crippen LogP contribution < -0.4 is 5.32 Å². The number of aliphatic hydroxyl groups excluding tert-OH is 1. The fourth-order valence-corrected chi connectivity index (χ4v) is 1.85. The van der Waals surface area contributed by atoms with Gasteiger partial charge in [-0.3, -0.25) is 0 Å². The first-order valence-corrected chi connectivity index (χ1v) is 6.51. The van der Waals surface area contributed by atoms with Crippen LogP contribution in [0.3, 0.4) is 0 Å². The molecule has 0 aliphatic carbocycles. The van der Waals surface area contributed by atoms with Crippen LogP contribution in [0.4, 0.5) is 18.0 Å². The highest BCUT2D eigenvalue weighted by Gasteiger charge is 2.42. The molecule has 118 valence electrons. The average Bonchev–Trinajstić information content (AvgIpc) is 2.34. The summed E-state index contributed by atoms with van der Waals surface area (Å²) in [5, 5.41) is 11.4. The van der Waals surface area contributed by atoms with Crippen molar-refractivity contribution in [3.63, 3.8) is 0 Å². The van der Waals surface area contributed by atoms with Gasteiger partial charge in [-0.2, -0.15) is 13.2 Å². The first-order chi connectivity index (χ1) is 9.61. The fraction of sp³-hybridized carbons (Fsp3) is 0.462. The molecule has 0 saturated carbocycles. The number of carbonyl (C=O) groups is 1. The lowest BCUT2D eigenvalue weighted by atomic mass is 10.1. The van der Waals surface area contributed by atoms with E-state index in [1.807, 2.05) is 5.32 Å². The lowest BCUT2D eigenvalue weighted by Gasteiger charge is -2.26. The number of likely N-dealkylation sites (N-methyl/N-ethyl adjacent to an activating group) is 1. The minimum absolute atomic E-state index is 0.0724. The average molecular weight is 325 g/mol. The molecule has 0 radical (unpaired) electrons. The summed E-state index contributed by atoms with van der Waals surface area (Å²) in [5.41, 5.74) is -0.120. The third-order valence-corrected chi connectivity index (χ3v) is 2.94. The van der Waals surface area contributed by atoms with Gasteiger partial charge >= 0.3 is 12.2 Å². The molecule has 0 fully saturated rings. The molecule has 8 heteroatoms. The summed E-state index contributed by atoms with van der Waals surface area (Å²) in [6.45, 7) is 1.36. The van der Waals surface area contributed by atoms with Gasteiger partial charge in [0.15, 0.2) is 6.04 Å². The standard InChI is InChI=1S/C13H16ClF3N2O2/c1-8(20)7-19(2)12(21)18-11(13(15,16)17)9-3-5-10(14)6-4-9/h3-6,8,11,20H,7H2,1-2H3,(H,18,21)/t8-,11+/m1/s1. The summed E-state index contributed by atoms with van der Waals surface area (Å²) >= 11 is 5.64. The zero-order valence-electron chi connectivity index (χ0n) is 11.5. The minimum atomic E-state index is -4.64. The molecule has 1 aromatic rings. The maximum absolute atomic E-state index is 13.1. The molecule has 2 amide bonds. The van der Waals surface area contributed by atoms with Crippen molar-refractivity contribution in [2.75, 3.05) is 13.6 Å². The minimum Gasteiger partial charge on any atom is -0.392 e. The van der Waals surface area contributed by atoms with E-state index >= 15 is 0 Å². The summed E-state index contributed by atoms with van der Waals surface area (Å²) in [6.07, 6.45) is -5.48. The largest absolute Gasteiger partial charge is 0.412 e. The monoisotopic (exact) mass is 324 g/mol. The van der Waals surface area contributed by atoms with Crippen LogP contribution in [0.15, 0.2) is 24.3 Å². The number of rotatable bonds is 4. The molecule has 0 unspecified atom stereocenters. The molecule has 0 heterocycles. The summed E-state index contributed by atoms with van der Waals surface area (Å²) in [5.74, 6) is 0. The van der Waals surface area contributed by atoms with E-state index in [0.717, 1.165) is 4.90 Å². The molecule has 0 saturated heterocycles. The number of hydrogen-bond acceptors (Lipinski definition) is 2. The number of nitrogens with zero attached hydrogens (tertiary/aromatic N) is 1. The van der Waals surface area contributed by atoms with Crippen LogP contribution in [0, 0.1) is 0 Å². The highest BCUT2D eigenvalue weighted by molar-refractivity contribution is 6.30. The highest BCUT2D eigenvalue weighted by atomic mass is 35.5. The number of halogens is 4. The summed E-state index contributed by atoms with van der Waals surface area (Å²) < 4.78 is 39.2. The predicted octanol–water partition coefficient (Wildman–Crippen LogP) is 2.97. The molecule has 4 nitrogen and oxygen atoms in total. The van der Waals surface area contributed by atoms with Gasteiger partial charge in [0.2, 0.25) is 0 Å². The maximum atomic E-state index is 13.1. The third-order valence-electron chi connectivity index (χ3n) is 2.68. The number of benzene rings is 1. The van der Waals surface area contributed by atoms with Crippen molar-refractivity contribution in [1.29, 1.82) is 0 Å². The van der Waals surface area contributed by atoms with E-state index < -0.39 is 24.4 Å². The first-order valence-electron chi connectivity index (χ1n) is 6.13. The van der Waals surface area contributed by atoms with Crippen molar-refractivity contribution in [3.8, 4) is 0 Å².